The average Bonchev–Trinajstić information content (AvgIpc) is 3.06. The van der Waals surface area contributed by atoms with Gasteiger partial charge in [-0.15, -0.1) is 0 Å². The number of rotatable bonds is 4. The van der Waals surface area contributed by atoms with Gasteiger partial charge in [0.2, 0.25) is 5.96 Å². The Hall–Kier alpha value is -0.810. The molecule has 4 N–H and O–H groups in total. The van der Waals surface area contributed by atoms with E-state index in [0.29, 0.717) is 6.04 Å². The number of guanidine groups is 1. The van der Waals surface area contributed by atoms with Crippen molar-refractivity contribution >= 4 is 5.96 Å². The topological polar surface area (TPSA) is 65.7 Å². The molecule has 5 heteroatoms. The minimum atomic E-state index is 0.236. The van der Waals surface area contributed by atoms with Crippen molar-refractivity contribution in [2.75, 3.05) is 20.6 Å². The van der Waals surface area contributed by atoms with E-state index in [4.69, 9.17) is 10.8 Å². The molecule has 0 bridgehead atoms. The van der Waals surface area contributed by atoms with Crippen molar-refractivity contribution in [1.29, 1.82) is 0 Å². The number of hydrogen-bond acceptors (Lipinski definition) is 3. The van der Waals surface area contributed by atoms with Crippen LogP contribution in [0.25, 0.3) is 0 Å². The normalized spacial score (nSPS) is 24.1. The lowest BCUT2D eigenvalue weighted by Crippen LogP contribution is -2.49. The zero-order valence-electron chi connectivity index (χ0n) is 12.4. The molecule has 2 fully saturated rings. The second-order valence-corrected chi connectivity index (χ2v) is 6.26. The zero-order chi connectivity index (χ0) is 13.7. The summed E-state index contributed by atoms with van der Waals surface area (Å²) in [5.74, 6) is 6.36. The van der Waals surface area contributed by atoms with E-state index >= 15 is 0 Å². The molecule has 0 unspecified atom stereocenters. The van der Waals surface area contributed by atoms with Crippen molar-refractivity contribution in [3.05, 3.63) is 0 Å². The smallest absolute Gasteiger partial charge is 0.206 e. The Morgan fingerprint density at radius 1 is 1.21 bits per heavy atom. The molecule has 2 aliphatic carbocycles. The number of aliphatic imine (C=N–C) groups is 1. The second kappa shape index (κ2) is 6.57. The SMILES string of the molecule is CN(C)C1(CN=C(NN)NC2CCCC2)CCCC1. The van der Waals surface area contributed by atoms with Gasteiger partial charge in [0.15, 0.2) is 0 Å². The summed E-state index contributed by atoms with van der Waals surface area (Å²) in [6.07, 6.45) is 10.2. The molecule has 0 heterocycles. The quantitative estimate of drug-likeness (QED) is 0.310. The van der Waals surface area contributed by atoms with Crippen molar-refractivity contribution in [2.24, 2.45) is 10.8 Å². The minimum absolute atomic E-state index is 0.236. The van der Waals surface area contributed by atoms with Gasteiger partial charge in [0, 0.05) is 11.6 Å². The summed E-state index contributed by atoms with van der Waals surface area (Å²) in [4.78, 5) is 7.05. The van der Waals surface area contributed by atoms with Crippen LogP contribution in [0.2, 0.25) is 0 Å². The standard InChI is InChI=1S/C14H29N5/c1-19(2)14(9-5-6-10-14)11-16-13(18-15)17-12-7-3-4-8-12/h12H,3-11,15H2,1-2H3,(H2,16,17,18). The van der Waals surface area contributed by atoms with Crippen LogP contribution in [0.5, 0.6) is 0 Å². The van der Waals surface area contributed by atoms with Crippen LogP contribution in [0.15, 0.2) is 4.99 Å². The molecule has 0 aromatic carbocycles. The Bertz CT molecular complexity index is 301. The first kappa shape index (κ1) is 14.6. The lowest BCUT2D eigenvalue weighted by molar-refractivity contribution is 0.167. The van der Waals surface area contributed by atoms with Crippen LogP contribution in [-0.4, -0.2) is 43.1 Å². The van der Waals surface area contributed by atoms with Gasteiger partial charge in [-0.3, -0.25) is 10.4 Å². The summed E-state index contributed by atoms with van der Waals surface area (Å²) in [6, 6.07) is 0.550. The van der Waals surface area contributed by atoms with Gasteiger partial charge in [-0.25, -0.2) is 5.84 Å². The predicted molar refractivity (Wildman–Crippen MR) is 79.9 cm³/mol. The molecule has 19 heavy (non-hydrogen) atoms. The molecule has 0 amide bonds. The molecule has 2 aliphatic rings. The maximum atomic E-state index is 5.60. The number of hydrazine groups is 1. The molecule has 0 aliphatic heterocycles. The molecule has 110 valence electrons. The lowest BCUT2D eigenvalue weighted by Gasteiger charge is -2.35. The summed E-state index contributed by atoms with van der Waals surface area (Å²) < 4.78 is 0. The summed E-state index contributed by atoms with van der Waals surface area (Å²) >= 11 is 0. The average molecular weight is 267 g/mol. The van der Waals surface area contributed by atoms with Gasteiger partial charge in [0.1, 0.15) is 0 Å². The van der Waals surface area contributed by atoms with E-state index < -0.39 is 0 Å². The molecular formula is C14H29N5. The number of nitrogens with one attached hydrogen (secondary N) is 2. The van der Waals surface area contributed by atoms with Crippen molar-refractivity contribution in [3.63, 3.8) is 0 Å². The van der Waals surface area contributed by atoms with Crippen LogP contribution in [0, 0.1) is 0 Å². The number of nitrogens with two attached hydrogens (primary N) is 1. The van der Waals surface area contributed by atoms with Crippen LogP contribution in [0.4, 0.5) is 0 Å². The Kier molecular flexibility index (Phi) is 5.05. The highest BCUT2D eigenvalue weighted by Crippen LogP contribution is 2.33. The third-order valence-corrected chi connectivity index (χ3v) is 4.85. The Balaban J connectivity index is 1.93. The van der Waals surface area contributed by atoms with Crippen LogP contribution < -0.4 is 16.6 Å². The van der Waals surface area contributed by atoms with Gasteiger partial charge < -0.3 is 10.2 Å². The van der Waals surface area contributed by atoms with E-state index in [2.05, 4.69) is 29.7 Å². The van der Waals surface area contributed by atoms with Crippen LogP contribution in [0.3, 0.4) is 0 Å². The van der Waals surface area contributed by atoms with Crippen LogP contribution in [-0.2, 0) is 0 Å². The van der Waals surface area contributed by atoms with E-state index in [1.807, 2.05) is 0 Å². The van der Waals surface area contributed by atoms with E-state index in [0.717, 1.165) is 12.5 Å². The fourth-order valence-electron chi connectivity index (χ4n) is 3.40. The van der Waals surface area contributed by atoms with E-state index in [1.165, 1.54) is 51.4 Å². The molecule has 5 nitrogen and oxygen atoms in total. The van der Waals surface area contributed by atoms with Gasteiger partial charge in [-0.05, 0) is 39.8 Å². The molecule has 0 atom stereocenters. The van der Waals surface area contributed by atoms with Crippen molar-refractivity contribution in [1.82, 2.24) is 15.6 Å². The molecule has 0 aromatic rings. The second-order valence-electron chi connectivity index (χ2n) is 6.26. The van der Waals surface area contributed by atoms with Gasteiger partial charge in [0.05, 0.1) is 6.54 Å². The Morgan fingerprint density at radius 2 is 1.84 bits per heavy atom. The lowest BCUT2D eigenvalue weighted by atomic mass is 9.96. The Labute approximate surface area is 117 Å². The third-order valence-electron chi connectivity index (χ3n) is 4.85. The highest BCUT2D eigenvalue weighted by atomic mass is 15.3. The predicted octanol–water partition coefficient (Wildman–Crippen LogP) is 1.21. The highest BCUT2D eigenvalue weighted by molar-refractivity contribution is 5.79. The first-order chi connectivity index (χ1) is 9.16. The van der Waals surface area contributed by atoms with Crippen LogP contribution >= 0.6 is 0 Å². The van der Waals surface area contributed by atoms with Gasteiger partial charge >= 0.3 is 0 Å². The first-order valence-electron chi connectivity index (χ1n) is 7.61. The number of hydrogen-bond donors (Lipinski definition) is 3. The van der Waals surface area contributed by atoms with Crippen LogP contribution in [0.1, 0.15) is 51.4 Å². The number of nitrogens with zero attached hydrogens (tertiary/aromatic N) is 2. The van der Waals surface area contributed by atoms with E-state index in [-0.39, 0.29) is 5.54 Å². The fourth-order valence-corrected chi connectivity index (χ4v) is 3.40. The summed E-state index contributed by atoms with van der Waals surface area (Å²) in [5, 5.41) is 3.44. The highest BCUT2D eigenvalue weighted by Gasteiger charge is 2.35. The molecule has 0 spiro atoms. The van der Waals surface area contributed by atoms with Gasteiger partial charge in [0.25, 0.3) is 0 Å². The molecule has 0 radical (unpaired) electrons. The summed E-state index contributed by atoms with van der Waals surface area (Å²) in [5.41, 5.74) is 2.96. The molecule has 0 saturated heterocycles. The maximum Gasteiger partial charge on any atom is 0.206 e. The largest absolute Gasteiger partial charge is 0.353 e. The van der Waals surface area contributed by atoms with Crippen molar-refractivity contribution in [2.45, 2.75) is 62.9 Å². The fraction of sp³-hybridized carbons (Fsp3) is 0.929. The van der Waals surface area contributed by atoms with Gasteiger partial charge in [-0.2, -0.15) is 0 Å². The maximum absolute atomic E-state index is 5.60. The summed E-state index contributed by atoms with van der Waals surface area (Å²) in [6.45, 7) is 0.833. The zero-order valence-corrected chi connectivity index (χ0v) is 12.4. The monoisotopic (exact) mass is 267 g/mol. The Morgan fingerprint density at radius 3 is 2.37 bits per heavy atom. The molecule has 0 aromatic heterocycles. The first-order valence-corrected chi connectivity index (χ1v) is 7.61. The van der Waals surface area contributed by atoms with Gasteiger partial charge in [-0.1, -0.05) is 25.7 Å². The molecule has 2 saturated carbocycles. The molecular weight excluding hydrogens is 238 g/mol. The molecule has 2 rings (SSSR count). The van der Waals surface area contributed by atoms with E-state index in [9.17, 15) is 0 Å². The van der Waals surface area contributed by atoms with Crippen molar-refractivity contribution in [3.8, 4) is 0 Å². The minimum Gasteiger partial charge on any atom is -0.353 e. The number of likely N-dealkylation sites (N-methyl/N-ethyl adjacent to an activating group) is 1. The van der Waals surface area contributed by atoms with Crippen molar-refractivity contribution < 1.29 is 0 Å². The summed E-state index contributed by atoms with van der Waals surface area (Å²) in [7, 11) is 4.33. The third kappa shape index (κ3) is 3.60. The van der Waals surface area contributed by atoms with E-state index in [1.54, 1.807) is 0 Å².